The molecule has 0 bridgehead atoms. The summed E-state index contributed by atoms with van der Waals surface area (Å²) in [6.45, 7) is 2.85. The third-order valence-corrected chi connectivity index (χ3v) is 9.84. The molecule has 0 aliphatic rings. The number of hydrogen-bond donors (Lipinski definition) is 1. The summed E-state index contributed by atoms with van der Waals surface area (Å²) in [5.74, 6) is -0.504. The largest absolute Gasteiger partial charge is 0.493 e. The lowest BCUT2D eigenvalue weighted by Gasteiger charge is -2.34. The van der Waals surface area contributed by atoms with Crippen molar-refractivity contribution in [2.24, 2.45) is 0 Å². The maximum Gasteiger partial charge on any atom is 0.264 e. The second kappa shape index (κ2) is 16.0. The number of sulfonamides is 1. The van der Waals surface area contributed by atoms with Gasteiger partial charge in [-0.25, -0.2) is 8.42 Å². The lowest BCUT2D eigenvalue weighted by Crippen LogP contribution is -2.54. The van der Waals surface area contributed by atoms with E-state index in [-0.39, 0.29) is 35.3 Å². The Labute approximate surface area is 286 Å². The Balaban J connectivity index is 1.84. The fourth-order valence-electron chi connectivity index (χ4n) is 5.02. The van der Waals surface area contributed by atoms with Crippen molar-refractivity contribution in [3.8, 4) is 11.5 Å². The van der Waals surface area contributed by atoms with Crippen LogP contribution in [0.5, 0.6) is 11.5 Å². The molecule has 47 heavy (non-hydrogen) atoms. The van der Waals surface area contributed by atoms with Crippen LogP contribution in [0.3, 0.4) is 0 Å². The Hall–Kier alpha value is -4.25. The Morgan fingerprint density at radius 1 is 0.809 bits per heavy atom. The molecule has 4 aromatic carbocycles. The van der Waals surface area contributed by atoms with Crippen molar-refractivity contribution in [2.45, 2.75) is 43.8 Å². The maximum atomic E-state index is 14.6. The highest BCUT2D eigenvalue weighted by molar-refractivity contribution is 7.92. The highest BCUT2D eigenvalue weighted by atomic mass is 35.5. The van der Waals surface area contributed by atoms with Gasteiger partial charge >= 0.3 is 0 Å². The predicted octanol–water partition coefficient (Wildman–Crippen LogP) is 6.37. The van der Waals surface area contributed by atoms with Crippen LogP contribution in [0.1, 0.15) is 25.0 Å². The van der Waals surface area contributed by atoms with E-state index in [2.05, 4.69) is 5.32 Å². The first-order valence-corrected chi connectivity index (χ1v) is 17.0. The Bertz CT molecular complexity index is 1770. The number of amides is 2. The van der Waals surface area contributed by atoms with Gasteiger partial charge in [0.1, 0.15) is 12.6 Å². The fraction of sp³-hybridized carbons (Fsp3) is 0.257. The standard InChI is InChI=1S/C35H37Cl2N3O6S/c1-24(2)38-35(42)31(20-25-12-7-5-8-13-25)39(22-28-29(36)16-11-17-30(28)37)34(41)23-40(26-14-9-6-10-15-26)47(43,44)27-18-19-32(45-3)33(21-27)46-4/h5-19,21,24,31H,20,22-23H2,1-4H3,(H,38,42)/t31-/m1/s1. The van der Waals surface area contributed by atoms with E-state index < -0.39 is 34.4 Å². The number of methoxy groups -OCH3 is 2. The zero-order valence-electron chi connectivity index (χ0n) is 26.5. The van der Waals surface area contributed by atoms with E-state index in [1.54, 1.807) is 48.5 Å². The van der Waals surface area contributed by atoms with Crippen LogP contribution in [0.15, 0.2) is 102 Å². The molecule has 0 radical (unpaired) electrons. The zero-order chi connectivity index (χ0) is 34.1. The molecule has 0 aromatic heterocycles. The van der Waals surface area contributed by atoms with E-state index in [1.165, 1.54) is 37.3 Å². The molecule has 1 atom stereocenters. The van der Waals surface area contributed by atoms with E-state index in [0.717, 1.165) is 9.87 Å². The van der Waals surface area contributed by atoms with Gasteiger partial charge in [0.25, 0.3) is 10.0 Å². The van der Waals surface area contributed by atoms with Crippen molar-refractivity contribution in [1.29, 1.82) is 0 Å². The minimum Gasteiger partial charge on any atom is -0.493 e. The Morgan fingerprint density at radius 3 is 1.98 bits per heavy atom. The summed E-state index contributed by atoms with van der Waals surface area (Å²) >= 11 is 13.1. The quantitative estimate of drug-likeness (QED) is 0.164. The van der Waals surface area contributed by atoms with Crippen LogP contribution in [0, 0.1) is 0 Å². The highest BCUT2D eigenvalue weighted by Gasteiger charge is 2.35. The van der Waals surface area contributed by atoms with E-state index in [1.807, 2.05) is 44.2 Å². The molecule has 0 unspecified atom stereocenters. The minimum absolute atomic E-state index is 0.120. The third kappa shape index (κ3) is 8.77. The van der Waals surface area contributed by atoms with Crippen molar-refractivity contribution >= 4 is 50.7 Å². The molecular formula is C35H37Cl2N3O6S. The highest BCUT2D eigenvalue weighted by Crippen LogP contribution is 2.33. The topological polar surface area (TPSA) is 105 Å². The van der Waals surface area contributed by atoms with Gasteiger partial charge in [-0.3, -0.25) is 13.9 Å². The second-order valence-electron chi connectivity index (χ2n) is 11.0. The SMILES string of the molecule is COc1ccc(S(=O)(=O)N(CC(=O)N(Cc2c(Cl)cccc2Cl)[C@H](Cc2ccccc2)C(=O)NC(C)C)c2ccccc2)cc1OC. The Kier molecular flexibility index (Phi) is 12.1. The van der Waals surface area contributed by atoms with E-state index in [0.29, 0.717) is 21.4 Å². The molecule has 1 N–H and O–H groups in total. The molecule has 0 fully saturated rings. The van der Waals surface area contributed by atoms with Crippen LogP contribution in [0.25, 0.3) is 0 Å². The lowest BCUT2D eigenvalue weighted by atomic mass is 10.0. The number of para-hydroxylation sites is 1. The van der Waals surface area contributed by atoms with Crippen LogP contribution >= 0.6 is 23.2 Å². The average Bonchev–Trinajstić information content (AvgIpc) is 3.06. The number of nitrogens with one attached hydrogen (secondary N) is 1. The zero-order valence-corrected chi connectivity index (χ0v) is 28.9. The summed E-state index contributed by atoms with van der Waals surface area (Å²) < 4.78 is 40.3. The number of benzene rings is 4. The summed E-state index contributed by atoms with van der Waals surface area (Å²) in [5, 5.41) is 3.53. The normalized spacial score (nSPS) is 11.9. The predicted molar refractivity (Wildman–Crippen MR) is 185 cm³/mol. The van der Waals surface area contributed by atoms with E-state index >= 15 is 0 Å². The van der Waals surface area contributed by atoms with Crippen molar-refractivity contribution in [3.05, 3.63) is 118 Å². The molecular weight excluding hydrogens is 661 g/mol. The first-order valence-electron chi connectivity index (χ1n) is 14.8. The molecule has 4 aromatic rings. The summed E-state index contributed by atoms with van der Waals surface area (Å²) in [7, 11) is -1.51. The lowest BCUT2D eigenvalue weighted by molar-refractivity contribution is -0.140. The van der Waals surface area contributed by atoms with E-state index in [4.69, 9.17) is 32.7 Å². The van der Waals surface area contributed by atoms with Gasteiger partial charge in [-0.05, 0) is 55.8 Å². The number of halogens is 2. The van der Waals surface area contributed by atoms with Crippen LogP contribution in [-0.4, -0.2) is 58.0 Å². The van der Waals surface area contributed by atoms with Crippen molar-refractivity contribution in [1.82, 2.24) is 10.2 Å². The minimum atomic E-state index is -4.36. The van der Waals surface area contributed by atoms with Crippen molar-refractivity contribution < 1.29 is 27.5 Å². The molecule has 0 aliphatic carbocycles. The molecule has 2 amide bonds. The Morgan fingerprint density at radius 2 is 1.40 bits per heavy atom. The molecule has 0 heterocycles. The number of carbonyl (C=O) groups excluding carboxylic acids is 2. The monoisotopic (exact) mass is 697 g/mol. The van der Waals surface area contributed by atoms with Crippen LogP contribution < -0.4 is 19.1 Å². The smallest absolute Gasteiger partial charge is 0.264 e. The van der Waals surface area contributed by atoms with Crippen LogP contribution in [0.4, 0.5) is 5.69 Å². The van der Waals surface area contributed by atoms with Gasteiger partial charge in [0.05, 0.1) is 24.8 Å². The van der Waals surface area contributed by atoms with Gasteiger partial charge in [-0.1, -0.05) is 77.8 Å². The third-order valence-electron chi connectivity index (χ3n) is 7.36. The van der Waals surface area contributed by atoms with Crippen molar-refractivity contribution in [3.63, 3.8) is 0 Å². The van der Waals surface area contributed by atoms with Gasteiger partial charge in [0.15, 0.2) is 11.5 Å². The number of nitrogens with zero attached hydrogens (tertiary/aromatic N) is 2. The summed E-state index contributed by atoms with van der Waals surface area (Å²) in [6, 6.07) is 25.4. The molecule has 0 aliphatic heterocycles. The molecule has 0 spiro atoms. The van der Waals surface area contributed by atoms with Crippen LogP contribution in [0.2, 0.25) is 10.0 Å². The van der Waals surface area contributed by atoms with Crippen LogP contribution in [-0.2, 0) is 32.6 Å². The number of anilines is 1. The first kappa shape index (κ1) is 35.6. The van der Waals surface area contributed by atoms with E-state index in [9.17, 15) is 18.0 Å². The number of ether oxygens (including phenoxy) is 2. The number of rotatable bonds is 14. The average molecular weight is 699 g/mol. The van der Waals surface area contributed by atoms with Gasteiger partial charge in [-0.15, -0.1) is 0 Å². The first-order chi connectivity index (χ1) is 22.5. The molecule has 0 saturated heterocycles. The molecule has 248 valence electrons. The number of hydrogen-bond acceptors (Lipinski definition) is 6. The summed E-state index contributed by atoms with van der Waals surface area (Å²) in [4.78, 5) is 29.7. The fourth-order valence-corrected chi connectivity index (χ4v) is 6.96. The molecule has 0 saturated carbocycles. The summed E-state index contributed by atoms with van der Waals surface area (Å²) in [5.41, 5.74) is 1.48. The van der Waals surface area contributed by atoms with Gasteiger partial charge in [-0.2, -0.15) is 0 Å². The molecule has 12 heteroatoms. The summed E-state index contributed by atoms with van der Waals surface area (Å²) in [6.07, 6.45) is 0.154. The maximum absolute atomic E-state index is 14.6. The van der Waals surface area contributed by atoms with Gasteiger partial charge in [0, 0.05) is 40.7 Å². The van der Waals surface area contributed by atoms with Gasteiger partial charge in [0.2, 0.25) is 11.8 Å². The van der Waals surface area contributed by atoms with Gasteiger partial charge < -0.3 is 19.7 Å². The molecule has 9 nitrogen and oxygen atoms in total. The second-order valence-corrected chi connectivity index (χ2v) is 13.6. The molecule has 4 rings (SSSR count). The van der Waals surface area contributed by atoms with Crippen molar-refractivity contribution in [2.75, 3.05) is 25.1 Å². The number of carbonyl (C=O) groups is 2.